The molecule has 1 rings (SSSR count). The molecule has 0 aliphatic carbocycles. The molecule has 364 valence electrons. The van der Waals surface area contributed by atoms with Crippen molar-refractivity contribution in [1.29, 1.82) is 0 Å². The van der Waals surface area contributed by atoms with Crippen molar-refractivity contribution in [3.63, 3.8) is 0 Å². The second kappa shape index (κ2) is 43.3. The monoisotopic (exact) mass is 889 g/mol. The van der Waals surface area contributed by atoms with Crippen molar-refractivity contribution in [3.05, 3.63) is 60.8 Å². The molecule has 0 spiro atoms. The van der Waals surface area contributed by atoms with E-state index in [1.165, 1.54) is 109 Å². The van der Waals surface area contributed by atoms with E-state index in [1.54, 1.807) is 0 Å². The number of aliphatic hydroxyl groups is 4. The van der Waals surface area contributed by atoms with Gasteiger partial charge in [0.25, 0.3) is 0 Å². The number of allylic oxidation sites excluding steroid dienone is 10. The van der Waals surface area contributed by atoms with E-state index in [9.17, 15) is 30.0 Å². The lowest BCUT2D eigenvalue weighted by molar-refractivity contribution is -0.305. The van der Waals surface area contributed by atoms with Crippen molar-refractivity contribution in [2.45, 2.75) is 243 Å². The molecule has 0 amide bonds. The molecule has 10 heteroatoms. The molecule has 0 aromatic rings. The largest absolute Gasteiger partial charge is 0.462 e. The number of ether oxygens (including phenoxy) is 4. The van der Waals surface area contributed by atoms with Gasteiger partial charge in [-0.15, -0.1) is 0 Å². The number of carbonyl (C=O) groups excluding carboxylic acids is 2. The third-order valence-corrected chi connectivity index (χ3v) is 11.4. The van der Waals surface area contributed by atoms with Crippen molar-refractivity contribution < 1.29 is 49.0 Å². The zero-order chi connectivity index (χ0) is 45.9. The van der Waals surface area contributed by atoms with Crippen molar-refractivity contribution in [2.75, 3.05) is 19.8 Å². The van der Waals surface area contributed by atoms with Crippen LogP contribution in [0.15, 0.2) is 60.8 Å². The third-order valence-electron chi connectivity index (χ3n) is 11.4. The van der Waals surface area contributed by atoms with Gasteiger partial charge in [-0.2, -0.15) is 0 Å². The number of esters is 2. The lowest BCUT2D eigenvalue weighted by atomic mass is 9.99. The molecule has 4 N–H and O–H groups in total. The minimum Gasteiger partial charge on any atom is -0.462 e. The summed E-state index contributed by atoms with van der Waals surface area (Å²) in [5.41, 5.74) is 0. The van der Waals surface area contributed by atoms with E-state index in [0.717, 1.165) is 57.8 Å². The Morgan fingerprint density at radius 1 is 0.492 bits per heavy atom. The smallest absolute Gasteiger partial charge is 0.306 e. The van der Waals surface area contributed by atoms with Gasteiger partial charge in [0.05, 0.1) is 13.2 Å². The average molecular weight is 889 g/mol. The Labute approximate surface area is 383 Å². The predicted molar refractivity (Wildman–Crippen MR) is 256 cm³/mol. The number of aliphatic hydroxyl groups excluding tert-OH is 4. The van der Waals surface area contributed by atoms with Crippen molar-refractivity contribution in [3.8, 4) is 0 Å². The second-order valence-electron chi connectivity index (χ2n) is 17.2. The zero-order valence-corrected chi connectivity index (χ0v) is 39.8. The Hall–Kier alpha value is -2.60. The van der Waals surface area contributed by atoms with E-state index >= 15 is 0 Å². The van der Waals surface area contributed by atoms with Crippen LogP contribution >= 0.6 is 0 Å². The summed E-state index contributed by atoms with van der Waals surface area (Å²) >= 11 is 0. The molecular formula is C53H92O10. The molecule has 0 aromatic heterocycles. The molecule has 1 aliphatic heterocycles. The molecule has 63 heavy (non-hydrogen) atoms. The van der Waals surface area contributed by atoms with Crippen LogP contribution < -0.4 is 0 Å². The van der Waals surface area contributed by atoms with Crippen LogP contribution in [0.1, 0.15) is 206 Å². The lowest BCUT2D eigenvalue weighted by Crippen LogP contribution is -2.59. The third kappa shape index (κ3) is 34.4. The summed E-state index contributed by atoms with van der Waals surface area (Å²) in [6.07, 6.45) is 46.8. The highest BCUT2D eigenvalue weighted by atomic mass is 16.7. The van der Waals surface area contributed by atoms with E-state index in [1.807, 2.05) is 0 Å². The van der Waals surface area contributed by atoms with E-state index in [2.05, 4.69) is 74.6 Å². The summed E-state index contributed by atoms with van der Waals surface area (Å²) in [7, 11) is 0. The van der Waals surface area contributed by atoms with Gasteiger partial charge in [-0.1, -0.05) is 171 Å². The Balaban J connectivity index is 2.31. The number of unbranched alkanes of at least 4 members (excludes halogenated alkanes) is 21. The van der Waals surface area contributed by atoms with Crippen LogP contribution in [0.4, 0.5) is 0 Å². The summed E-state index contributed by atoms with van der Waals surface area (Å²) in [5, 5.41) is 40.1. The Bertz CT molecular complexity index is 1210. The van der Waals surface area contributed by atoms with Crippen LogP contribution in [0.3, 0.4) is 0 Å². The minimum absolute atomic E-state index is 0.160. The fraction of sp³-hybridized carbons (Fsp3) is 0.774. The first-order valence-corrected chi connectivity index (χ1v) is 25.4. The first-order valence-electron chi connectivity index (χ1n) is 25.4. The highest BCUT2D eigenvalue weighted by molar-refractivity contribution is 5.70. The summed E-state index contributed by atoms with van der Waals surface area (Å²) in [5.74, 6) is -0.901. The molecule has 6 atom stereocenters. The standard InChI is InChI=1S/C53H92O10/c1-3-5-7-9-11-13-15-17-19-20-21-22-23-24-25-26-28-30-32-34-36-38-40-42-49(56)62-46(45-61-53-52(59)51(58)50(57)47(43-54)63-53)44-60-48(55)41-39-37-35-33-31-29-27-18-16-14-12-10-8-6-4-2/h12,14,18,26-28,31,33-34,36,46-47,50-54,57-59H,3-11,13,15-17,19-25,29-30,32,35,37-45H2,1-2H3/b14-12+,27-18+,28-26+,33-31+,36-34+/t46-,47-,50+,51?,52?,53-/m1/s1. The Kier molecular flexibility index (Phi) is 40.2. The quantitative estimate of drug-likeness (QED) is 0.0265. The minimum atomic E-state index is -1.61. The van der Waals surface area contributed by atoms with Crippen LogP contribution in [-0.4, -0.2) is 89.0 Å². The maximum absolute atomic E-state index is 12.8. The molecular weight excluding hydrogens is 797 g/mol. The maximum Gasteiger partial charge on any atom is 0.306 e. The number of carbonyl (C=O) groups is 2. The molecule has 1 aliphatic rings. The van der Waals surface area contributed by atoms with Crippen LogP contribution in [0.5, 0.6) is 0 Å². The van der Waals surface area contributed by atoms with Crippen LogP contribution in [0, 0.1) is 0 Å². The molecule has 1 fully saturated rings. The van der Waals surface area contributed by atoms with Gasteiger partial charge in [0.2, 0.25) is 0 Å². The Morgan fingerprint density at radius 3 is 1.48 bits per heavy atom. The molecule has 10 nitrogen and oxygen atoms in total. The van der Waals surface area contributed by atoms with Gasteiger partial charge in [0.15, 0.2) is 12.4 Å². The summed E-state index contributed by atoms with van der Waals surface area (Å²) in [6.45, 7) is 3.33. The first-order chi connectivity index (χ1) is 30.8. The van der Waals surface area contributed by atoms with E-state index in [4.69, 9.17) is 18.9 Å². The molecule has 0 saturated carbocycles. The van der Waals surface area contributed by atoms with Crippen molar-refractivity contribution >= 4 is 11.9 Å². The van der Waals surface area contributed by atoms with E-state index in [-0.39, 0.29) is 26.1 Å². The van der Waals surface area contributed by atoms with E-state index < -0.39 is 55.4 Å². The van der Waals surface area contributed by atoms with Gasteiger partial charge in [0, 0.05) is 12.8 Å². The van der Waals surface area contributed by atoms with Crippen molar-refractivity contribution in [2.24, 2.45) is 0 Å². The molecule has 1 heterocycles. The topological polar surface area (TPSA) is 152 Å². The summed E-state index contributed by atoms with van der Waals surface area (Å²) < 4.78 is 22.1. The van der Waals surface area contributed by atoms with Gasteiger partial charge in [0.1, 0.15) is 31.0 Å². The second-order valence-corrected chi connectivity index (χ2v) is 17.2. The number of hydrogen-bond acceptors (Lipinski definition) is 10. The summed E-state index contributed by atoms with van der Waals surface area (Å²) in [6, 6.07) is 0. The van der Waals surface area contributed by atoms with Gasteiger partial charge in [-0.25, -0.2) is 0 Å². The number of rotatable bonds is 42. The average Bonchev–Trinajstić information content (AvgIpc) is 3.28. The summed E-state index contributed by atoms with van der Waals surface area (Å²) in [4.78, 5) is 25.4. The predicted octanol–water partition coefficient (Wildman–Crippen LogP) is 11.8. The van der Waals surface area contributed by atoms with Crippen LogP contribution in [0.25, 0.3) is 0 Å². The maximum atomic E-state index is 12.8. The molecule has 0 bridgehead atoms. The normalized spacial score (nSPS) is 20.0. The molecule has 2 unspecified atom stereocenters. The lowest BCUT2D eigenvalue weighted by Gasteiger charge is -2.39. The van der Waals surface area contributed by atoms with Gasteiger partial charge >= 0.3 is 11.9 Å². The van der Waals surface area contributed by atoms with Gasteiger partial charge in [-0.3, -0.25) is 9.59 Å². The Morgan fingerprint density at radius 2 is 0.921 bits per heavy atom. The molecule has 0 radical (unpaired) electrons. The molecule has 1 saturated heterocycles. The number of hydrogen-bond donors (Lipinski definition) is 4. The van der Waals surface area contributed by atoms with Crippen LogP contribution in [-0.2, 0) is 28.5 Å². The fourth-order valence-corrected chi connectivity index (χ4v) is 7.33. The SMILES string of the molecule is CCCCC/C=C/C/C=C/C/C=C/CCCCC(=O)OC[C@H](CO[C@@H]1O[C@H](CO)[C@H](O)C(O)C1O)OC(=O)CCC/C=C/CC/C=C/CCCCCCCCCCCCCCCC. The highest BCUT2D eigenvalue weighted by Gasteiger charge is 2.44. The van der Waals surface area contributed by atoms with E-state index in [0.29, 0.717) is 12.8 Å². The van der Waals surface area contributed by atoms with Crippen molar-refractivity contribution in [1.82, 2.24) is 0 Å². The van der Waals surface area contributed by atoms with Gasteiger partial charge < -0.3 is 39.4 Å². The first kappa shape index (κ1) is 58.4. The highest BCUT2D eigenvalue weighted by Crippen LogP contribution is 2.22. The zero-order valence-electron chi connectivity index (χ0n) is 39.8. The van der Waals surface area contributed by atoms with Crippen LogP contribution in [0.2, 0.25) is 0 Å². The molecule has 0 aromatic carbocycles. The van der Waals surface area contributed by atoms with Gasteiger partial charge in [-0.05, 0) is 83.5 Å². The fourth-order valence-electron chi connectivity index (χ4n) is 7.33.